The molecule has 1 saturated heterocycles. The van der Waals surface area contributed by atoms with E-state index in [1.165, 1.54) is 0 Å². The van der Waals surface area contributed by atoms with Crippen molar-refractivity contribution >= 4 is 0 Å². The van der Waals surface area contributed by atoms with Crippen molar-refractivity contribution in [1.29, 1.82) is 0 Å². The van der Waals surface area contributed by atoms with Crippen LogP contribution in [0.15, 0.2) is 0 Å². The Morgan fingerprint density at radius 3 is 2.31 bits per heavy atom. The molecule has 1 rings (SSSR count). The zero-order valence-corrected chi connectivity index (χ0v) is 11.2. The Morgan fingerprint density at radius 2 is 1.75 bits per heavy atom. The average molecular weight is 230 g/mol. The van der Waals surface area contributed by atoms with Crippen molar-refractivity contribution in [3.8, 4) is 0 Å². The van der Waals surface area contributed by atoms with Crippen LogP contribution in [0.5, 0.6) is 0 Å². The van der Waals surface area contributed by atoms with Crippen LogP contribution in [0.25, 0.3) is 0 Å². The molecule has 1 aliphatic heterocycles. The van der Waals surface area contributed by atoms with Crippen LogP contribution in [-0.4, -0.2) is 32.7 Å². The van der Waals surface area contributed by atoms with Crippen LogP contribution in [0.1, 0.15) is 34.1 Å². The summed E-state index contributed by atoms with van der Waals surface area (Å²) in [6.45, 7) is 10.3. The van der Waals surface area contributed by atoms with E-state index in [4.69, 9.17) is 14.2 Å². The van der Waals surface area contributed by atoms with Crippen LogP contribution in [0.3, 0.4) is 0 Å². The highest BCUT2D eigenvalue weighted by Crippen LogP contribution is 2.35. The average Bonchev–Trinajstić information content (AvgIpc) is 2.29. The first-order chi connectivity index (χ1) is 7.61. The summed E-state index contributed by atoms with van der Waals surface area (Å²) in [4.78, 5) is 0. The molecule has 1 heterocycles. The number of hydrogen-bond donors (Lipinski definition) is 0. The molecule has 0 aromatic heterocycles. The van der Waals surface area contributed by atoms with Crippen molar-refractivity contribution in [2.75, 3.05) is 20.3 Å². The zero-order chi connectivity index (χ0) is 12.1. The van der Waals surface area contributed by atoms with Crippen LogP contribution in [0.4, 0.5) is 0 Å². The summed E-state index contributed by atoms with van der Waals surface area (Å²) in [5, 5.41) is 0. The molecular formula is C13H26O3. The Hall–Kier alpha value is -0.120. The fourth-order valence-electron chi connectivity index (χ4n) is 2.29. The maximum absolute atomic E-state index is 5.93. The molecule has 0 radical (unpaired) electrons. The first-order valence-corrected chi connectivity index (χ1v) is 6.37. The SMILES string of the molecule is CCCOCC1O[C@H](OC)C(C)[C@@H](C)[C@H]1C. The summed E-state index contributed by atoms with van der Waals surface area (Å²) in [5.74, 6) is 1.58. The molecule has 0 bridgehead atoms. The molecule has 96 valence electrons. The Labute approximate surface area is 99.5 Å². The zero-order valence-electron chi connectivity index (χ0n) is 11.2. The van der Waals surface area contributed by atoms with Crippen LogP contribution in [0.2, 0.25) is 0 Å². The van der Waals surface area contributed by atoms with E-state index in [1.807, 2.05) is 0 Å². The van der Waals surface area contributed by atoms with Gasteiger partial charge in [0.05, 0.1) is 12.7 Å². The molecule has 1 aliphatic rings. The minimum absolute atomic E-state index is 0.0820. The molecular weight excluding hydrogens is 204 g/mol. The Kier molecular flexibility index (Phi) is 5.73. The van der Waals surface area contributed by atoms with Crippen molar-refractivity contribution in [2.45, 2.75) is 46.5 Å². The van der Waals surface area contributed by atoms with E-state index in [0.29, 0.717) is 24.4 Å². The van der Waals surface area contributed by atoms with Crippen molar-refractivity contribution in [3.05, 3.63) is 0 Å². The third kappa shape index (κ3) is 3.19. The molecule has 1 fully saturated rings. The van der Waals surface area contributed by atoms with Gasteiger partial charge in [0.1, 0.15) is 0 Å². The number of methoxy groups -OCH3 is 1. The lowest BCUT2D eigenvalue weighted by molar-refractivity contribution is -0.247. The highest BCUT2D eigenvalue weighted by atomic mass is 16.7. The Morgan fingerprint density at radius 1 is 1.06 bits per heavy atom. The van der Waals surface area contributed by atoms with Gasteiger partial charge in [-0.1, -0.05) is 27.7 Å². The van der Waals surface area contributed by atoms with Gasteiger partial charge in [0.2, 0.25) is 0 Å². The lowest BCUT2D eigenvalue weighted by atomic mass is 9.79. The molecule has 16 heavy (non-hydrogen) atoms. The molecule has 2 unspecified atom stereocenters. The molecule has 0 aromatic rings. The van der Waals surface area contributed by atoms with Gasteiger partial charge in [-0.15, -0.1) is 0 Å². The maximum atomic E-state index is 5.93. The standard InChI is InChI=1S/C13H26O3/c1-6-7-15-8-12-10(3)9(2)11(4)13(14-5)16-12/h9-13H,6-8H2,1-5H3/t9-,10+,11?,12?,13-/m0/s1. The van der Waals surface area contributed by atoms with E-state index < -0.39 is 0 Å². The predicted molar refractivity (Wildman–Crippen MR) is 64.3 cm³/mol. The van der Waals surface area contributed by atoms with Gasteiger partial charge in [-0.3, -0.25) is 0 Å². The first-order valence-electron chi connectivity index (χ1n) is 6.37. The van der Waals surface area contributed by atoms with Gasteiger partial charge in [0.15, 0.2) is 6.29 Å². The topological polar surface area (TPSA) is 27.7 Å². The molecule has 0 aliphatic carbocycles. The monoisotopic (exact) mass is 230 g/mol. The number of hydrogen-bond acceptors (Lipinski definition) is 3. The predicted octanol–water partition coefficient (Wildman–Crippen LogP) is 2.69. The maximum Gasteiger partial charge on any atom is 0.160 e. The normalized spacial score (nSPS) is 39.9. The molecule has 3 heteroatoms. The summed E-state index contributed by atoms with van der Waals surface area (Å²) in [6, 6.07) is 0. The van der Waals surface area contributed by atoms with Crippen LogP contribution in [-0.2, 0) is 14.2 Å². The molecule has 5 atom stereocenters. The second-order valence-corrected chi connectivity index (χ2v) is 4.93. The largest absolute Gasteiger partial charge is 0.379 e. The molecule has 0 N–H and O–H groups in total. The molecule has 0 amide bonds. The van der Waals surface area contributed by atoms with Crippen molar-refractivity contribution < 1.29 is 14.2 Å². The van der Waals surface area contributed by atoms with Gasteiger partial charge in [-0.25, -0.2) is 0 Å². The van der Waals surface area contributed by atoms with Gasteiger partial charge in [-0.05, 0) is 18.3 Å². The smallest absolute Gasteiger partial charge is 0.160 e. The highest BCUT2D eigenvalue weighted by molar-refractivity contribution is 4.82. The Balaban J connectivity index is 2.50. The fraction of sp³-hybridized carbons (Fsp3) is 1.00. The summed E-state index contributed by atoms with van der Waals surface area (Å²) in [6.07, 6.45) is 1.14. The van der Waals surface area contributed by atoms with Gasteiger partial charge in [0.25, 0.3) is 0 Å². The minimum atomic E-state index is -0.0820. The van der Waals surface area contributed by atoms with E-state index in [9.17, 15) is 0 Å². The highest BCUT2D eigenvalue weighted by Gasteiger charge is 2.39. The van der Waals surface area contributed by atoms with Crippen molar-refractivity contribution in [1.82, 2.24) is 0 Å². The van der Waals surface area contributed by atoms with E-state index in [2.05, 4.69) is 27.7 Å². The number of rotatable bonds is 5. The summed E-state index contributed by atoms with van der Waals surface area (Å²) < 4.78 is 16.9. The second kappa shape index (κ2) is 6.58. The third-order valence-corrected chi connectivity index (χ3v) is 3.85. The second-order valence-electron chi connectivity index (χ2n) is 4.93. The van der Waals surface area contributed by atoms with E-state index in [-0.39, 0.29) is 12.4 Å². The van der Waals surface area contributed by atoms with Gasteiger partial charge < -0.3 is 14.2 Å². The van der Waals surface area contributed by atoms with E-state index in [1.54, 1.807) is 7.11 Å². The van der Waals surface area contributed by atoms with E-state index >= 15 is 0 Å². The fourth-order valence-corrected chi connectivity index (χ4v) is 2.29. The molecule has 3 nitrogen and oxygen atoms in total. The van der Waals surface area contributed by atoms with E-state index in [0.717, 1.165) is 13.0 Å². The summed E-state index contributed by atoms with van der Waals surface area (Å²) in [5.41, 5.74) is 0. The Bertz CT molecular complexity index is 194. The van der Waals surface area contributed by atoms with Gasteiger partial charge in [0, 0.05) is 19.6 Å². The van der Waals surface area contributed by atoms with Crippen LogP contribution in [0, 0.1) is 17.8 Å². The lowest BCUT2D eigenvalue weighted by Gasteiger charge is -2.42. The number of ether oxygens (including phenoxy) is 3. The molecule has 0 aromatic carbocycles. The molecule has 0 saturated carbocycles. The molecule has 0 spiro atoms. The van der Waals surface area contributed by atoms with Crippen molar-refractivity contribution in [3.63, 3.8) is 0 Å². The summed E-state index contributed by atoms with van der Waals surface area (Å²) in [7, 11) is 1.72. The first kappa shape index (κ1) is 13.9. The van der Waals surface area contributed by atoms with Crippen molar-refractivity contribution in [2.24, 2.45) is 17.8 Å². The summed E-state index contributed by atoms with van der Waals surface area (Å²) >= 11 is 0. The quantitative estimate of drug-likeness (QED) is 0.680. The van der Waals surface area contributed by atoms with Crippen LogP contribution < -0.4 is 0 Å². The van der Waals surface area contributed by atoms with Gasteiger partial charge >= 0.3 is 0 Å². The van der Waals surface area contributed by atoms with Crippen LogP contribution >= 0.6 is 0 Å². The minimum Gasteiger partial charge on any atom is -0.379 e. The third-order valence-electron chi connectivity index (χ3n) is 3.85. The lowest BCUT2D eigenvalue weighted by Crippen LogP contribution is -2.47. The van der Waals surface area contributed by atoms with Gasteiger partial charge in [-0.2, -0.15) is 0 Å².